The molecule has 196 valence electrons. The molecule has 0 saturated carbocycles. The van der Waals surface area contributed by atoms with Crippen molar-refractivity contribution in [1.82, 2.24) is 19.5 Å². The molecule has 1 aromatic carbocycles. The molecule has 10 nitrogen and oxygen atoms in total. The van der Waals surface area contributed by atoms with Gasteiger partial charge < -0.3 is 23.8 Å². The van der Waals surface area contributed by atoms with Crippen LogP contribution in [-0.2, 0) is 22.1 Å². The van der Waals surface area contributed by atoms with Crippen LogP contribution in [0, 0.1) is 0 Å². The van der Waals surface area contributed by atoms with Crippen molar-refractivity contribution < 1.29 is 41.8 Å². The van der Waals surface area contributed by atoms with Crippen LogP contribution in [0.2, 0.25) is 0 Å². The van der Waals surface area contributed by atoms with Crippen LogP contribution in [-0.4, -0.2) is 56.5 Å². The van der Waals surface area contributed by atoms with Crippen molar-refractivity contribution in [3.8, 4) is 22.9 Å². The summed E-state index contributed by atoms with van der Waals surface area (Å²) in [6.45, 7) is 3.78. The maximum atomic E-state index is 13.3. The van der Waals surface area contributed by atoms with Crippen molar-refractivity contribution in [3.05, 3.63) is 59.9 Å². The van der Waals surface area contributed by atoms with Gasteiger partial charge in [0.15, 0.2) is 5.69 Å². The summed E-state index contributed by atoms with van der Waals surface area (Å²) in [7, 11) is 0. The summed E-state index contributed by atoms with van der Waals surface area (Å²) in [6.07, 6.45) is 0.135. The molecular weight excluding hydrogens is 497 g/mol. The lowest BCUT2D eigenvalue weighted by atomic mass is 10.1. The average Bonchev–Trinajstić information content (AvgIpc) is 3.51. The van der Waals surface area contributed by atoms with Gasteiger partial charge in [0, 0.05) is 12.4 Å². The van der Waals surface area contributed by atoms with E-state index in [1.807, 2.05) is 6.92 Å². The molecule has 3 heterocycles. The summed E-state index contributed by atoms with van der Waals surface area (Å²) in [5.74, 6) is -0.137. The van der Waals surface area contributed by atoms with E-state index in [4.69, 9.17) is 14.2 Å². The first-order valence-corrected chi connectivity index (χ1v) is 11.3. The van der Waals surface area contributed by atoms with Gasteiger partial charge in [0.05, 0.1) is 42.3 Å². The number of hydrogen-bond donors (Lipinski definition) is 1. The number of ether oxygens (including phenoxy) is 3. The lowest BCUT2D eigenvalue weighted by Crippen LogP contribution is -2.16. The molecule has 0 spiro atoms. The fraction of sp³-hybridized carbons (Fsp3) is 0.333. The van der Waals surface area contributed by atoms with Crippen LogP contribution in [0.1, 0.15) is 35.5 Å². The van der Waals surface area contributed by atoms with Gasteiger partial charge in [0.1, 0.15) is 18.6 Å². The second-order valence-electron chi connectivity index (χ2n) is 7.98. The number of esters is 1. The number of carbonyl (C=O) groups is 1. The summed E-state index contributed by atoms with van der Waals surface area (Å²) in [4.78, 5) is 20.8. The fourth-order valence-electron chi connectivity index (χ4n) is 3.55. The van der Waals surface area contributed by atoms with Gasteiger partial charge in [-0.15, -0.1) is 0 Å². The predicted octanol–water partition coefficient (Wildman–Crippen LogP) is 4.31. The molecule has 1 N–H and O–H groups in total. The molecule has 0 radical (unpaired) electrons. The third kappa shape index (κ3) is 5.89. The number of imidazole rings is 1. The van der Waals surface area contributed by atoms with Crippen molar-refractivity contribution in [1.29, 1.82) is 0 Å². The largest absolute Gasteiger partial charge is 0.460 e. The first-order valence-electron chi connectivity index (χ1n) is 11.3. The number of aryl methyl sites for hydroxylation is 1. The fourth-order valence-corrected chi connectivity index (χ4v) is 3.55. The Kier molecular flexibility index (Phi) is 7.74. The molecule has 4 aromatic rings. The van der Waals surface area contributed by atoms with E-state index in [1.165, 1.54) is 23.0 Å². The zero-order valence-corrected chi connectivity index (χ0v) is 19.9. The summed E-state index contributed by atoms with van der Waals surface area (Å²) in [5.41, 5.74) is -0.164. The molecule has 13 heteroatoms. The van der Waals surface area contributed by atoms with E-state index in [-0.39, 0.29) is 42.6 Å². The highest BCUT2D eigenvalue weighted by molar-refractivity contribution is 5.91. The van der Waals surface area contributed by atoms with Crippen LogP contribution in [0.3, 0.4) is 0 Å². The molecule has 0 fully saturated rings. The number of aliphatic hydroxyl groups excluding tert-OH is 1. The maximum absolute atomic E-state index is 13.3. The quantitative estimate of drug-likeness (QED) is 0.241. The molecule has 0 unspecified atom stereocenters. The van der Waals surface area contributed by atoms with Crippen LogP contribution >= 0.6 is 0 Å². The Bertz CT molecular complexity index is 1380. The Labute approximate surface area is 208 Å². The number of rotatable bonds is 10. The van der Waals surface area contributed by atoms with Gasteiger partial charge >= 0.3 is 12.1 Å². The van der Waals surface area contributed by atoms with E-state index >= 15 is 0 Å². The van der Waals surface area contributed by atoms with Crippen molar-refractivity contribution in [2.75, 3.05) is 19.8 Å². The number of nitrogens with zero attached hydrogens (tertiary/aromatic N) is 4. The molecule has 4 rings (SSSR count). The predicted molar refractivity (Wildman–Crippen MR) is 122 cm³/mol. The van der Waals surface area contributed by atoms with Crippen molar-refractivity contribution >= 4 is 11.6 Å². The van der Waals surface area contributed by atoms with Crippen LogP contribution in [0.15, 0.2) is 47.6 Å². The minimum atomic E-state index is -4.71. The average molecular weight is 520 g/mol. The molecule has 0 amide bonds. The van der Waals surface area contributed by atoms with E-state index in [0.29, 0.717) is 23.3 Å². The SMILES string of the molecule is CCc1cc(Oc2nccn3c(-c4conc4C(F)(F)F)cnc23)ccc1C(=O)OCCOC[C@H](C)O. The van der Waals surface area contributed by atoms with E-state index in [2.05, 4.69) is 19.6 Å². The number of fused-ring (bicyclic) bond motifs is 1. The number of alkyl halides is 3. The second kappa shape index (κ2) is 11.0. The van der Waals surface area contributed by atoms with Gasteiger partial charge in [-0.2, -0.15) is 13.2 Å². The topological polar surface area (TPSA) is 121 Å². The molecule has 3 aromatic heterocycles. The summed E-state index contributed by atoms with van der Waals surface area (Å²) in [6, 6.07) is 4.75. The van der Waals surface area contributed by atoms with Crippen molar-refractivity contribution in [3.63, 3.8) is 0 Å². The number of carbonyl (C=O) groups excluding carboxylic acids is 1. The van der Waals surface area contributed by atoms with E-state index in [9.17, 15) is 23.1 Å². The van der Waals surface area contributed by atoms with E-state index in [1.54, 1.807) is 25.1 Å². The minimum Gasteiger partial charge on any atom is -0.460 e. The molecule has 0 saturated heterocycles. The van der Waals surface area contributed by atoms with Crippen molar-refractivity contribution in [2.45, 2.75) is 32.5 Å². The molecule has 0 aliphatic heterocycles. The Morgan fingerprint density at radius 3 is 2.78 bits per heavy atom. The number of aliphatic hydroxyl groups is 1. The standard InChI is InChI=1S/C24H23F3N4O6/c1-3-15-10-16(4-5-17(15)23(33)35-9-8-34-12-14(2)32)37-22-21-29-11-19(31(21)7-6-28-22)18-13-36-30-20(18)24(25,26)27/h4-7,10-11,13-14,32H,3,8-9,12H2,1-2H3/t14-/m0/s1. The van der Waals surface area contributed by atoms with E-state index < -0.39 is 23.9 Å². The summed E-state index contributed by atoms with van der Waals surface area (Å²) in [5, 5.41) is 12.3. The van der Waals surface area contributed by atoms with Gasteiger partial charge in [0.2, 0.25) is 5.65 Å². The van der Waals surface area contributed by atoms with Crippen molar-refractivity contribution in [2.24, 2.45) is 0 Å². The van der Waals surface area contributed by atoms with Gasteiger partial charge in [0.25, 0.3) is 5.88 Å². The smallest absolute Gasteiger partial charge is 0.437 e. The lowest BCUT2D eigenvalue weighted by Gasteiger charge is -2.12. The molecule has 0 aliphatic rings. The van der Waals surface area contributed by atoms with Gasteiger partial charge in [-0.25, -0.2) is 14.8 Å². The molecule has 0 aliphatic carbocycles. The first kappa shape index (κ1) is 26.1. The highest BCUT2D eigenvalue weighted by Gasteiger charge is 2.38. The first-order chi connectivity index (χ1) is 17.7. The summed E-state index contributed by atoms with van der Waals surface area (Å²) >= 11 is 0. The minimum absolute atomic E-state index is 0.0311. The number of aromatic nitrogens is 4. The zero-order valence-electron chi connectivity index (χ0n) is 19.9. The van der Waals surface area contributed by atoms with Crippen LogP contribution < -0.4 is 4.74 Å². The zero-order chi connectivity index (χ0) is 26.6. The monoisotopic (exact) mass is 520 g/mol. The lowest BCUT2D eigenvalue weighted by molar-refractivity contribution is -0.142. The van der Waals surface area contributed by atoms with Gasteiger partial charge in [-0.3, -0.25) is 4.40 Å². The Hall–Kier alpha value is -3.97. The highest BCUT2D eigenvalue weighted by atomic mass is 19.4. The number of halogens is 3. The molecular formula is C24H23F3N4O6. The highest BCUT2D eigenvalue weighted by Crippen LogP contribution is 2.37. The summed E-state index contributed by atoms with van der Waals surface area (Å²) < 4.78 is 62.1. The normalized spacial score (nSPS) is 12.6. The Morgan fingerprint density at radius 2 is 2.05 bits per heavy atom. The third-order valence-electron chi connectivity index (χ3n) is 5.22. The second-order valence-corrected chi connectivity index (χ2v) is 7.98. The van der Waals surface area contributed by atoms with Crippen LogP contribution in [0.4, 0.5) is 13.2 Å². The number of hydrogen-bond acceptors (Lipinski definition) is 9. The molecule has 1 atom stereocenters. The van der Waals surface area contributed by atoms with Crippen LogP contribution in [0.25, 0.3) is 16.9 Å². The van der Waals surface area contributed by atoms with Gasteiger partial charge in [-0.05, 0) is 37.1 Å². The Morgan fingerprint density at radius 1 is 1.24 bits per heavy atom. The van der Waals surface area contributed by atoms with E-state index in [0.717, 1.165) is 6.26 Å². The molecule has 37 heavy (non-hydrogen) atoms. The Balaban J connectivity index is 1.53. The van der Waals surface area contributed by atoms with Gasteiger partial charge in [-0.1, -0.05) is 12.1 Å². The third-order valence-corrected chi connectivity index (χ3v) is 5.22. The van der Waals surface area contributed by atoms with Crippen LogP contribution in [0.5, 0.6) is 11.6 Å². The molecule has 0 bridgehead atoms. The number of benzene rings is 1. The maximum Gasteiger partial charge on any atom is 0.437 e.